The van der Waals surface area contributed by atoms with Crippen LogP contribution < -0.4 is 4.31 Å². The Morgan fingerprint density at radius 3 is 2.63 bits per heavy atom. The highest BCUT2D eigenvalue weighted by molar-refractivity contribution is 7.92. The zero-order valence-electron chi connectivity index (χ0n) is 14.5. The minimum Gasteiger partial charge on any atom is -0.454 e. The Bertz CT molecular complexity index is 989. The van der Waals surface area contributed by atoms with Crippen LogP contribution in [0.4, 0.5) is 5.69 Å². The first-order valence-corrected chi connectivity index (χ1v) is 10.4. The number of rotatable bonds is 5. The number of aromatic nitrogens is 1. The van der Waals surface area contributed by atoms with Gasteiger partial charge in [0, 0.05) is 18.3 Å². The highest BCUT2D eigenvalue weighted by atomic mass is 35.5. The van der Waals surface area contributed by atoms with E-state index in [1.807, 2.05) is 0 Å². The molecule has 0 N–H and O–H groups in total. The van der Waals surface area contributed by atoms with Gasteiger partial charge >= 0.3 is 5.97 Å². The van der Waals surface area contributed by atoms with Crippen LogP contribution in [0, 0.1) is 0 Å². The lowest BCUT2D eigenvalue weighted by Crippen LogP contribution is -2.34. The summed E-state index contributed by atoms with van der Waals surface area (Å²) in [6.45, 7) is 0.00189. The van der Waals surface area contributed by atoms with Gasteiger partial charge in [-0.25, -0.2) is 18.2 Å². The van der Waals surface area contributed by atoms with Crippen molar-refractivity contribution in [2.24, 2.45) is 0 Å². The Balaban J connectivity index is 1.71. The fourth-order valence-electron chi connectivity index (χ4n) is 2.87. The molecule has 1 aliphatic heterocycles. The molecule has 2 heterocycles. The Kier molecular flexibility index (Phi) is 5.48. The van der Waals surface area contributed by atoms with Gasteiger partial charge < -0.3 is 4.74 Å². The number of sulfonamides is 1. The number of ether oxygens (including phenoxy) is 1. The second-order valence-electron chi connectivity index (χ2n) is 6.15. The summed E-state index contributed by atoms with van der Waals surface area (Å²) >= 11 is 5.66. The van der Waals surface area contributed by atoms with E-state index in [1.165, 1.54) is 22.6 Å². The average molecular weight is 409 g/mol. The number of fused-ring (bicyclic) bond motifs is 1. The molecule has 0 spiro atoms. The van der Waals surface area contributed by atoms with Crippen molar-refractivity contribution in [3.8, 4) is 0 Å². The number of pyridine rings is 1. The number of Topliss-reactive ketones (excluding diaryl/α,β-unsaturated/α-hetero) is 1. The van der Waals surface area contributed by atoms with Crippen molar-refractivity contribution >= 4 is 39.1 Å². The lowest BCUT2D eigenvalue weighted by atomic mass is 9.99. The number of anilines is 1. The Hall–Kier alpha value is -2.45. The first-order chi connectivity index (χ1) is 12.8. The highest BCUT2D eigenvalue weighted by Crippen LogP contribution is 2.30. The average Bonchev–Trinajstić information content (AvgIpc) is 2.64. The largest absolute Gasteiger partial charge is 0.454 e. The van der Waals surface area contributed by atoms with Crippen molar-refractivity contribution in [1.29, 1.82) is 0 Å². The maximum absolute atomic E-state index is 12.4. The molecule has 0 radical (unpaired) electrons. The fraction of sp³-hybridized carbons (Fsp3) is 0.278. The van der Waals surface area contributed by atoms with Gasteiger partial charge in [0.15, 0.2) is 12.4 Å². The Morgan fingerprint density at radius 1 is 1.22 bits per heavy atom. The number of carbonyl (C=O) groups is 2. The summed E-state index contributed by atoms with van der Waals surface area (Å²) in [4.78, 5) is 28.1. The lowest BCUT2D eigenvalue weighted by molar-refractivity contribution is 0.0474. The molecule has 2 aromatic rings. The van der Waals surface area contributed by atoms with Gasteiger partial charge in [0.2, 0.25) is 10.0 Å². The zero-order valence-corrected chi connectivity index (χ0v) is 16.1. The van der Waals surface area contributed by atoms with Crippen molar-refractivity contribution in [1.82, 2.24) is 4.98 Å². The summed E-state index contributed by atoms with van der Waals surface area (Å²) in [5, 5.41) is 0.250. The van der Waals surface area contributed by atoms with Crippen molar-refractivity contribution in [2.45, 2.75) is 12.8 Å². The van der Waals surface area contributed by atoms with E-state index in [4.69, 9.17) is 16.3 Å². The second kappa shape index (κ2) is 7.66. The van der Waals surface area contributed by atoms with Crippen LogP contribution in [-0.4, -0.2) is 44.6 Å². The number of nitrogens with zero attached hydrogens (tertiary/aromatic N) is 2. The molecule has 27 heavy (non-hydrogen) atoms. The van der Waals surface area contributed by atoms with Gasteiger partial charge in [0.1, 0.15) is 5.15 Å². The van der Waals surface area contributed by atoms with Crippen LogP contribution in [0.15, 0.2) is 36.5 Å². The quantitative estimate of drug-likeness (QED) is 0.428. The van der Waals surface area contributed by atoms with Crippen LogP contribution in [0.25, 0.3) is 0 Å². The molecule has 0 saturated heterocycles. The maximum atomic E-state index is 12.4. The molecular formula is C18H17ClN2O5S. The molecule has 1 aromatic carbocycles. The number of halogens is 1. The predicted octanol–water partition coefficient (Wildman–Crippen LogP) is 2.49. The molecule has 9 heteroatoms. The molecule has 0 amide bonds. The number of ketones is 1. The van der Waals surface area contributed by atoms with Crippen LogP contribution >= 0.6 is 11.6 Å². The van der Waals surface area contributed by atoms with Gasteiger partial charge in [-0.15, -0.1) is 0 Å². The molecule has 0 fully saturated rings. The summed E-state index contributed by atoms with van der Waals surface area (Å²) < 4.78 is 30.1. The van der Waals surface area contributed by atoms with Gasteiger partial charge in [0.25, 0.3) is 0 Å². The molecule has 1 aliphatic rings. The number of hydrogen-bond donors (Lipinski definition) is 0. The summed E-state index contributed by atoms with van der Waals surface area (Å²) in [6.07, 6.45) is 3.79. The van der Waals surface area contributed by atoms with E-state index < -0.39 is 22.6 Å². The first-order valence-electron chi connectivity index (χ1n) is 8.18. The van der Waals surface area contributed by atoms with Crippen LogP contribution in [0.5, 0.6) is 0 Å². The summed E-state index contributed by atoms with van der Waals surface area (Å²) in [7, 11) is -3.36. The molecule has 7 nitrogen and oxygen atoms in total. The van der Waals surface area contributed by atoms with E-state index in [0.29, 0.717) is 30.6 Å². The maximum Gasteiger partial charge on any atom is 0.340 e. The van der Waals surface area contributed by atoms with Crippen molar-refractivity contribution < 1.29 is 22.7 Å². The van der Waals surface area contributed by atoms with Gasteiger partial charge in [0.05, 0.1) is 17.5 Å². The monoisotopic (exact) mass is 408 g/mol. The van der Waals surface area contributed by atoms with Gasteiger partial charge in [-0.1, -0.05) is 11.6 Å². The lowest BCUT2D eigenvalue weighted by Gasteiger charge is -2.29. The van der Waals surface area contributed by atoms with E-state index in [1.54, 1.807) is 18.2 Å². The molecule has 1 aromatic heterocycles. The minimum absolute atomic E-state index is 0.196. The Labute approximate surface area is 162 Å². The zero-order chi connectivity index (χ0) is 19.6. The smallest absolute Gasteiger partial charge is 0.340 e. The van der Waals surface area contributed by atoms with Gasteiger partial charge in [-0.2, -0.15) is 0 Å². The van der Waals surface area contributed by atoms with E-state index in [0.717, 1.165) is 11.8 Å². The number of benzene rings is 1. The molecule has 0 unspecified atom stereocenters. The summed E-state index contributed by atoms with van der Waals surface area (Å²) in [5.41, 5.74) is 1.93. The highest BCUT2D eigenvalue weighted by Gasteiger charge is 2.25. The summed E-state index contributed by atoms with van der Waals surface area (Å²) in [6, 6.07) is 7.74. The predicted molar refractivity (Wildman–Crippen MR) is 101 cm³/mol. The van der Waals surface area contributed by atoms with Gasteiger partial charge in [-0.05, 0) is 48.7 Å². The SMILES string of the molecule is CS(=O)(=O)N1CCCc2cc(C(=O)COC(=O)c3ccc(Cl)nc3)ccc21. The fourth-order valence-corrected chi connectivity index (χ4v) is 3.98. The van der Waals surface area contributed by atoms with Crippen LogP contribution in [0.3, 0.4) is 0 Å². The van der Waals surface area contributed by atoms with E-state index >= 15 is 0 Å². The van der Waals surface area contributed by atoms with E-state index in [2.05, 4.69) is 4.98 Å². The molecular weight excluding hydrogens is 392 g/mol. The third kappa shape index (κ3) is 4.45. The number of carbonyl (C=O) groups excluding carboxylic acids is 2. The molecule has 3 rings (SSSR count). The van der Waals surface area contributed by atoms with E-state index in [-0.39, 0.29) is 16.5 Å². The third-order valence-electron chi connectivity index (χ3n) is 4.18. The van der Waals surface area contributed by atoms with Crippen LogP contribution in [-0.2, 0) is 21.2 Å². The molecule has 0 aliphatic carbocycles. The van der Waals surface area contributed by atoms with Crippen molar-refractivity contribution in [2.75, 3.05) is 23.7 Å². The molecule has 142 valence electrons. The number of hydrogen-bond acceptors (Lipinski definition) is 6. The summed E-state index contributed by atoms with van der Waals surface area (Å²) in [5.74, 6) is -1.04. The molecule has 0 saturated carbocycles. The molecule has 0 atom stereocenters. The minimum atomic E-state index is -3.36. The first kappa shape index (κ1) is 19.3. The van der Waals surface area contributed by atoms with Crippen molar-refractivity contribution in [3.63, 3.8) is 0 Å². The van der Waals surface area contributed by atoms with E-state index in [9.17, 15) is 18.0 Å². The number of aryl methyl sites for hydroxylation is 1. The third-order valence-corrected chi connectivity index (χ3v) is 5.58. The van der Waals surface area contributed by atoms with Gasteiger partial charge in [-0.3, -0.25) is 9.10 Å². The molecule has 0 bridgehead atoms. The van der Waals surface area contributed by atoms with Crippen molar-refractivity contribution in [3.05, 3.63) is 58.4 Å². The van der Waals surface area contributed by atoms with Crippen LogP contribution in [0.2, 0.25) is 5.15 Å². The van der Waals surface area contributed by atoms with Crippen LogP contribution in [0.1, 0.15) is 32.7 Å². The normalized spacial score (nSPS) is 13.8. The number of esters is 1. The Morgan fingerprint density at radius 2 is 1.96 bits per heavy atom. The second-order valence-corrected chi connectivity index (χ2v) is 8.45. The topological polar surface area (TPSA) is 93.6 Å². The standard InChI is InChI=1S/C18H17ClN2O5S/c1-27(24,25)21-8-2-3-12-9-13(4-6-15(12)21)16(22)11-26-18(23)14-5-7-17(19)20-10-14/h4-7,9-10H,2-3,8,11H2,1H3.